The average molecular weight is 375 g/mol. The molecule has 2 aromatic carbocycles. The molecule has 0 bridgehead atoms. The zero-order chi connectivity index (χ0) is 15.8. The summed E-state index contributed by atoms with van der Waals surface area (Å²) in [5.74, 6) is 0. The minimum atomic E-state index is -0.250. The largest absolute Gasteiger partial charge is 4.00 e. The van der Waals surface area contributed by atoms with Crippen LogP contribution in [0.25, 0.3) is 16.5 Å². The maximum Gasteiger partial charge on any atom is 4.00 e. The van der Waals surface area contributed by atoms with Crippen LogP contribution in [0, 0.1) is 14.9 Å². The fraction of sp³-hybridized carbons (Fsp3) is 0.286. The number of allylic oxidation sites excluding steroid dienone is 2. The third-order valence-electron chi connectivity index (χ3n) is 2.28. The molecule has 0 spiro atoms. The molecular weight excluding hydrogens is 342 g/mol. The first-order chi connectivity index (χ1) is 9.11. The van der Waals surface area contributed by atoms with Crippen molar-refractivity contribution in [1.82, 2.24) is 0 Å². The Bertz CT molecular complexity index is 502. The van der Waals surface area contributed by atoms with Gasteiger partial charge in [-0.05, 0) is 13.8 Å². The van der Waals surface area contributed by atoms with Crippen LogP contribution in [-0.2, 0) is 21.7 Å². The number of fused-ring (bicyclic) bond motifs is 1. The zero-order valence-corrected chi connectivity index (χ0v) is 19.0. The van der Waals surface area contributed by atoms with Crippen molar-refractivity contribution < 1.29 is 21.7 Å². The van der Waals surface area contributed by atoms with Gasteiger partial charge in [-0.3, -0.25) is 0 Å². The number of hydrogen-bond acceptors (Lipinski definition) is 0. The average Bonchev–Trinajstić information content (AvgIpc) is 2.75. The van der Waals surface area contributed by atoms with Gasteiger partial charge in [-0.2, -0.15) is 17.5 Å². The van der Waals surface area contributed by atoms with E-state index in [1.807, 2.05) is 34.6 Å². The van der Waals surface area contributed by atoms with Gasteiger partial charge in [-0.25, -0.2) is 0 Å². The van der Waals surface area contributed by atoms with Crippen LogP contribution in [0.3, 0.4) is 0 Å². The Morgan fingerprint density at radius 3 is 1.67 bits per heavy atom. The Morgan fingerprint density at radius 2 is 1.33 bits per heavy atom. The summed E-state index contributed by atoms with van der Waals surface area (Å²) in [7, 11) is 0. The normalized spacial score (nSPS) is 8.25. The molecular formula is C21H33NSiTi. The first-order valence-electron chi connectivity index (χ1n) is 6.78. The molecule has 0 aliphatic rings. The summed E-state index contributed by atoms with van der Waals surface area (Å²) in [5.41, 5.74) is 8.82. The van der Waals surface area contributed by atoms with E-state index in [0.717, 1.165) is 11.1 Å². The second-order valence-corrected chi connectivity index (χ2v) is 5.97. The Morgan fingerprint density at radius 1 is 0.958 bits per heavy atom. The van der Waals surface area contributed by atoms with E-state index in [1.54, 1.807) is 0 Å². The quantitative estimate of drug-likeness (QED) is 0.290. The Kier molecular flexibility index (Phi) is 24.5. The van der Waals surface area contributed by atoms with Crippen LogP contribution in [0.15, 0.2) is 66.8 Å². The molecule has 0 atom stereocenters. The van der Waals surface area contributed by atoms with Crippen LogP contribution in [0.4, 0.5) is 0 Å². The molecule has 0 aliphatic heterocycles. The number of hydrogen-bond donors (Lipinski definition) is 0. The Balaban J connectivity index is -0.0000000731. The van der Waals surface area contributed by atoms with E-state index in [9.17, 15) is 0 Å². The van der Waals surface area contributed by atoms with Crippen molar-refractivity contribution in [2.24, 2.45) is 0 Å². The first kappa shape index (κ1) is 34.5. The fourth-order valence-corrected chi connectivity index (χ4v) is 1.07. The summed E-state index contributed by atoms with van der Waals surface area (Å²) in [6.45, 7) is 16.8. The molecule has 1 N–H and O–H groups in total. The van der Waals surface area contributed by atoms with Gasteiger partial charge in [0.05, 0.1) is 0 Å². The molecule has 3 heteroatoms. The van der Waals surface area contributed by atoms with E-state index in [2.05, 4.69) is 55.6 Å². The van der Waals surface area contributed by atoms with E-state index in [4.69, 9.17) is 5.73 Å². The van der Waals surface area contributed by atoms with Crippen LogP contribution in [0.5, 0.6) is 0 Å². The van der Waals surface area contributed by atoms with E-state index < -0.39 is 0 Å². The smallest absolute Gasteiger partial charge is 0.673 e. The maximum atomic E-state index is 6.94. The third kappa shape index (κ3) is 21.2. The van der Waals surface area contributed by atoms with Crippen molar-refractivity contribution in [2.45, 2.75) is 40.2 Å². The summed E-state index contributed by atoms with van der Waals surface area (Å²) in [5, 5.41) is 2.66. The second-order valence-electron chi connectivity index (χ2n) is 5.97. The van der Waals surface area contributed by atoms with E-state index in [0.29, 0.717) is 0 Å². The molecule has 0 aliphatic carbocycles. The van der Waals surface area contributed by atoms with Crippen molar-refractivity contribution in [3.8, 4) is 0 Å². The summed E-state index contributed by atoms with van der Waals surface area (Å²) < 4.78 is 0. The molecule has 0 unspecified atom stereocenters. The molecule has 0 heterocycles. The summed E-state index contributed by atoms with van der Waals surface area (Å²) >= 11 is 0. The second kappa shape index (κ2) is 17.0. The molecule has 130 valence electrons. The first-order valence-corrected chi connectivity index (χ1v) is 6.78. The van der Waals surface area contributed by atoms with Crippen molar-refractivity contribution in [3.05, 3.63) is 87.4 Å². The van der Waals surface area contributed by atoms with Gasteiger partial charge in [0.15, 0.2) is 0 Å². The number of benzene rings is 1. The molecule has 2 rings (SSSR count). The minimum absolute atomic E-state index is 0. The van der Waals surface area contributed by atoms with Gasteiger partial charge in [-0.15, -0.1) is 35.2 Å². The molecule has 0 amide bonds. The van der Waals surface area contributed by atoms with E-state index in [-0.39, 0.29) is 53.1 Å². The standard InChI is InChI=1S/C9H7.C6H10.C4H10N.2CH3.Si.Ti/c1-2-5-9-7-3-6-8(9)4-1;1-5(2)6(3)4;1-4(2,3)5;;;;/h1-7H;1,3H2,2,4H3;5H,1-3H3;2*1H3;;/q-1;;3*-1;;+4. The van der Waals surface area contributed by atoms with Crippen LogP contribution in [0.2, 0.25) is 0 Å². The summed E-state index contributed by atoms with van der Waals surface area (Å²) in [6.07, 6.45) is 0. The van der Waals surface area contributed by atoms with Crippen molar-refractivity contribution in [3.63, 3.8) is 0 Å². The topological polar surface area (TPSA) is 23.8 Å². The zero-order valence-electron chi connectivity index (χ0n) is 16.5. The maximum absolute atomic E-state index is 6.94. The van der Waals surface area contributed by atoms with E-state index >= 15 is 0 Å². The van der Waals surface area contributed by atoms with Crippen molar-refractivity contribution in [2.75, 3.05) is 0 Å². The van der Waals surface area contributed by atoms with Crippen LogP contribution >= 0.6 is 0 Å². The fourth-order valence-electron chi connectivity index (χ4n) is 1.07. The van der Waals surface area contributed by atoms with Gasteiger partial charge < -0.3 is 20.6 Å². The number of nitrogens with one attached hydrogen (secondary N) is 1. The van der Waals surface area contributed by atoms with Gasteiger partial charge in [0, 0.05) is 11.0 Å². The third-order valence-corrected chi connectivity index (χ3v) is 2.28. The molecule has 0 saturated heterocycles. The summed E-state index contributed by atoms with van der Waals surface area (Å²) in [6, 6.07) is 14.7. The van der Waals surface area contributed by atoms with E-state index in [1.165, 1.54) is 10.8 Å². The van der Waals surface area contributed by atoms with Crippen LogP contribution in [0.1, 0.15) is 34.6 Å². The Hall–Kier alpha value is -0.799. The predicted octanol–water partition coefficient (Wildman–Crippen LogP) is 7.05. The predicted molar refractivity (Wildman–Crippen MR) is 112 cm³/mol. The minimum Gasteiger partial charge on any atom is -0.673 e. The molecule has 0 saturated carbocycles. The number of rotatable bonds is 1. The van der Waals surface area contributed by atoms with Gasteiger partial charge in [0.2, 0.25) is 0 Å². The van der Waals surface area contributed by atoms with Crippen molar-refractivity contribution >= 4 is 21.7 Å². The Labute approximate surface area is 170 Å². The van der Waals surface area contributed by atoms with Crippen LogP contribution in [-0.4, -0.2) is 16.5 Å². The molecule has 4 radical (unpaired) electrons. The SMILES string of the molecule is C=C(C)C(=C)C.CC(C)(C)[NH-].[CH3-].[CH3-].[Si].[Ti+4].c1ccc2[cH-]ccc2c1. The van der Waals surface area contributed by atoms with Gasteiger partial charge >= 0.3 is 21.7 Å². The van der Waals surface area contributed by atoms with Crippen LogP contribution < -0.4 is 0 Å². The molecule has 24 heavy (non-hydrogen) atoms. The van der Waals surface area contributed by atoms with Gasteiger partial charge in [0.25, 0.3) is 0 Å². The monoisotopic (exact) mass is 375 g/mol. The molecule has 1 nitrogen and oxygen atoms in total. The molecule has 0 aromatic heterocycles. The molecule has 0 fully saturated rings. The van der Waals surface area contributed by atoms with Gasteiger partial charge in [0.1, 0.15) is 0 Å². The van der Waals surface area contributed by atoms with Crippen molar-refractivity contribution in [1.29, 1.82) is 0 Å². The van der Waals surface area contributed by atoms with Gasteiger partial charge in [-0.1, -0.05) is 51.1 Å². The molecule has 2 aromatic rings. The summed E-state index contributed by atoms with van der Waals surface area (Å²) in [4.78, 5) is 0.